The molecule has 0 aliphatic carbocycles. The number of nitrogens with zero attached hydrogens (tertiary/aromatic N) is 1. The summed E-state index contributed by atoms with van der Waals surface area (Å²) in [5.41, 5.74) is 0.792. The number of anilines is 1. The number of nitro benzene ring substituents is 1. The summed E-state index contributed by atoms with van der Waals surface area (Å²) in [5.74, 6) is -0.372. The Morgan fingerprint density at radius 3 is 2.11 bits per heavy atom. The summed E-state index contributed by atoms with van der Waals surface area (Å²) >= 11 is 1.31. The van der Waals surface area contributed by atoms with E-state index in [0.29, 0.717) is 11.3 Å². The number of thioether (sulfide) groups is 1. The van der Waals surface area contributed by atoms with E-state index < -0.39 is 10.2 Å². The number of hydrogen-bond acceptors (Lipinski definition) is 5. The summed E-state index contributed by atoms with van der Waals surface area (Å²) in [6.45, 7) is 7.48. The maximum Gasteiger partial charge on any atom is 0.269 e. The maximum absolute atomic E-state index is 12.4. The number of rotatable bonds is 6. The minimum atomic E-state index is -0.462. The van der Waals surface area contributed by atoms with Crippen LogP contribution in [-0.4, -0.2) is 27.5 Å². The molecule has 2 N–H and O–H groups in total. The van der Waals surface area contributed by atoms with Crippen molar-refractivity contribution in [1.29, 1.82) is 0 Å². The lowest BCUT2D eigenvalue weighted by molar-refractivity contribution is -0.384. The highest BCUT2D eigenvalue weighted by Gasteiger charge is 2.17. The van der Waals surface area contributed by atoms with E-state index in [0.717, 1.165) is 4.90 Å². The van der Waals surface area contributed by atoms with Crippen molar-refractivity contribution in [3.8, 4) is 0 Å². The summed E-state index contributed by atoms with van der Waals surface area (Å²) in [5, 5.41) is 16.0. The van der Waals surface area contributed by atoms with E-state index in [4.69, 9.17) is 0 Å². The first-order valence-electron chi connectivity index (χ1n) is 8.70. The first-order valence-corrected chi connectivity index (χ1v) is 9.58. The van der Waals surface area contributed by atoms with Gasteiger partial charge in [0.25, 0.3) is 11.6 Å². The zero-order chi connectivity index (χ0) is 20.9. The lowest BCUT2D eigenvalue weighted by atomic mass is 10.1. The molecule has 0 saturated heterocycles. The zero-order valence-electron chi connectivity index (χ0n) is 16.2. The van der Waals surface area contributed by atoms with E-state index in [-0.39, 0.29) is 23.0 Å². The first-order chi connectivity index (χ1) is 13.0. The van der Waals surface area contributed by atoms with Gasteiger partial charge in [0.1, 0.15) is 0 Å². The molecule has 7 nitrogen and oxygen atoms in total. The third-order valence-corrected chi connectivity index (χ3v) is 4.74. The van der Waals surface area contributed by atoms with Crippen LogP contribution < -0.4 is 10.6 Å². The SMILES string of the molecule is CC(Sc1ccc([N+](=O)[O-])cc1)C(=O)Nc1ccc(C(=O)NC(C)(C)C)cc1. The van der Waals surface area contributed by atoms with E-state index >= 15 is 0 Å². The van der Waals surface area contributed by atoms with E-state index in [2.05, 4.69) is 10.6 Å². The van der Waals surface area contributed by atoms with Crippen molar-refractivity contribution in [2.45, 2.75) is 43.4 Å². The molecular formula is C20H23N3O4S. The standard InChI is InChI=1S/C20H23N3O4S/c1-13(28-17-11-9-16(10-12-17)23(26)27)18(24)21-15-7-5-14(6-8-15)19(25)22-20(2,3)4/h5-13H,1-4H3,(H,21,24)(H,22,25). The number of nitrogens with one attached hydrogen (secondary N) is 2. The van der Waals surface area contributed by atoms with Crippen LogP contribution in [0, 0.1) is 10.1 Å². The minimum Gasteiger partial charge on any atom is -0.347 e. The lowest BCUT2D eigenvalue weighted by Gasteiger charge is -2.20. The Morgan fingerprint density at radius 2 is 1.61 bits per heavy atom. The van der Waals surface area contributed by atoms with E-state index in [1.165, 1.54) is 23.9 Å². The van der Waals surface area contributed by atoms with Crippen LogP contribution in [0.25, 0.3) is 0 Å². The fourth-order valence-electron chi connectivity index (χ4n) is 2.27. The molecular weight excluding hydrogens is 378 g/mol. The molecule has 0 bridgehead atoms. The predicted molar refractivity (Wildman–Crippen MR) is 111 cm³/mol. The average molecular weight is 401 g/mol. The molecule has 2 amide bonds. The van der Waals surface area contributed by atoms with Crippen LogP contribution in [0.4, 0.5) is 11.4 Å². The Hall–Kier alpha value is -2.87. The van der Waals surface area contributed by atoms with Crippen molar-refractivity contribution in [3.63, 3.8) is 0 Å². The van der Waals surface area contributed by atoms with Gasteiger partial charge in [0.2, 0.25) is 5.91 Å². The Morgan fingerprint density at radius 1 is 1.04 bits per heavy atom. The van der Waals surface area contributed by atoms with Crippen molar-refractivity contribution in [2.24, 2.45) is 0 Å². The number of hydrogen-bond donors (Lipinski definition) is 2. The van der Waals surface area contributed by atoms with Crippen LogP contribution >= 0.6 is 11.8 Å². The Kier molecular flexibility index (Phi) is 6.80. The van der Waals surface area contributed by atoms with Gasteiger partial charge in [-0.1, -0.05) is 0 Å². The molecule has 0 aliphatic rings. The van der Waals surface area contributed by atoms with Gasteiger partial charge in [-0.15, -0.1) is 11.8 Å². The number of carbonyl (C=O) groups excluding carboxylic acids is 2. The summed E-state index contributed by atoms with van der Waals surface area (Å²) in [6, 6.07) is 12.7. The molecule has 0 spiro atoms. The number of nitro groups is 1. The van der Waals surface area contributed by atoms with Crippen LogP contribution in [-0.2, 0) is 4.79 Å². The second-order valence-electron chi connectivity index (χ2n) is 7.28. The predicted octanol–water partition coefficient (Wildman–Crippen LogP) is 4.24. The van der Waals surface area contributed by atoms with Crippen molar-refractivity contribution in [3.05, 3.63) is 64.2 Å². The molecule has 0 heterocycles. The van der Waals surface area contributed by atoms with Crippen molar-refractivity contribution < 1.29 is 14.5 Å². The molecule has 1 unspecified atom stereocenters. The van der Waals surface area contributed by atoms with Crippen molar-refractivity contribution >= 4 is 35.0 Å². The Balaban J connectivity index is 1.94. The van der Waals surface area contributed by atoms with Gasteiger partial charge in [0.15, 0.2) is 0 Å². The zero-order valence-corrected chi connectivity index (χ0v) is 17.0. The average Bonchev–Trinajstić information content (AvgIpc) is 2.61. The summed E-state index contributed by atoms with van der Waals surface area (Å²) in [7, 11) is 0. The third kappa shape index (κ3) is 6.38. The molecule has 28 heavy (non-hydrogen) atoms. The van der Waals surface area contributed by atoms with Gasteiger partial charge >= 0.3 is 0 Å². The topological polar surface area (TPSA) is 101 Å². The lowest BCUT2D eigenvalue weighted by Crippen LogP contribution is -2.40. The molecule has 2 rings (SSSR count). The molecule has 0 saturated carbocycles. The van der Waals surface area contributed by atoms with Crippen LogP contribution in [0.2, 0.25) is 0 Å². The Labute approximate surface area is 168 Å². The van der Waals surface area contributed by atoms with Gasteiger partial charge < -0.3 is 10.6 Å². The van der Waals surface area contributed by atoms with Gasteiger partial charge in [0, 0.05) is 33.8 Å². The smallest absolute Gasteiger partial charge is 0.269 e. The van der Waals surface area contributed by atoms with E-state index in [1.807, 2.05) is 20.8 Å². The highest BCUT2D eigenvalue weighted by Crippen LogP contribution is 2.26. The van der Waals surface area contributed by atoms with Crippen LogP contribution in [0.1, 0.15) is 38.1 Å². The number of benzene rings is 2. The van der Waals surface area contributed by atoms with Crippen LogP contribution in [0.3, 0.4) is 0 Å². The van der Waals surface area contributed by atoms with Crippen molar-refractivity contribution in [2.75, 3.05) is 5.32 Å². The van der Waals surface area contributed by atoms with Crippen molar-refractivity contribution in [1.82, 2.24) is 5.32 Å². The summed E-state index contributed by atoms with van der Waals surface area (Å²) in [6.07, 6.45) is 0. The molecule has 2 aromatic carbocycles. The summed E-state index contributed by atoms with van der Waals surface area (Å²) < 4.78 is 0. The number of amides is 2. The Bertz CT molecular complexity index is 859. The molecule has 0 fully saturated rings. The summed E-state index contributed by atoms with van der Waals surface area (Å²) in [4.78, 5) is 35.5. The maximum atomic E-state index is 12.4. The second kappa shape index (κ2) is 8.88. The minimum absolute atomic E-state index is 0.0111. The quantitative estimate of drug-likeness (QED) is 0.428. The van der Waals surface area contributed by atoms with E-state index in [1.54, 1.807) is 43.3 Å². The molecule has 1 atom stereocenters. The molecule has 0 aliphatic heterocycles. The molecule has 148 valence electrons. The van der Waals surface area contributed by atoms with Gasteiger partial charge in [0.05, 0.1) is 10.2 Å². The molecule has 0 aromatic heterocycles. The van der Waals surface area contributed by atoms with Gasteiger partial charge in [-0.3, -0.25) is 19.7 Å². The van der Waals surface area contributed by atoms with E-state index in [9.17, 15) is 19.7 Å². The van der Waals surface area contributed by atoms with Gasteiger partial charge in [-0.2, -0.15) is 0 Å². The van der Waals surface area contributed by atoms with Crippen LogP contribution in [0.5, 0.6) is 0 Å². The fourth-order valence-corrected chi connectivity index (χ4v) is 3.13. The molecule has 0 radical (unpaired) electrons. The second-order valence-corrected chi connectivity index (χ2v) is 8.70. The van der Waals surface area contributed by atoms with Gasteiger partial charge in [-0.05, 0) is 64.1 Å². The number of non-ortho nitro benzene ring substituents is 1. The molecule has 8 heteroatoms. The molecule has 2 aromatic rings. The largest absolute Gasteiger partial charge is 0.347 e. The fraction of sp³-hybridized carbons (Fsp3) is 0.300. The normalized spacial score (nSPS) is 12.1. The number of carbonyl (C=O) groups is 2. The highest BCUT2D eigenvalue weighted by atomic mass is 32.2. The first kappa shape index (κ1) is 21.4. The van der Waals surface area contributed by atoms with Crippen LogP contribution in [0.15, 0.2) is 53.4 Å². The third-order valence-electron chi connectivity index (χ3n) is 3.63. The monoisotopic (exact) mass is 401 g/mol. The highest BCUT2D eigenvalue weighted by molar-refractivity contribution is 8.00. The van der Waals surface area contributed by atoms with Gasteiger partial charge in [-0.25, -0.2) is 0 Å².